The highest BCUT2D eigenvalue weighted by molar-refractivity contribution is 9.10. The van der Waals surface area contributed by atoms with Crippen molar-refractivity contribution in [3.05, 3.63) is 80.7 Å². The predicted molar refractivity (Wildman–Crippen MR) is 120 cm³/mol. The third-order valence-corrected chi connectivity index (χ3v) is 5.06. The number of nitrogen functional groups attached to an aromatic ring is 1. The van der Waals surface area contributed by atoms with Crippen LogP contribution in [0.1, 0.15) is 21.5 Å². The molecule has 160 valence electrons. The molecule has 4 N–H and O–H groups in total. The van der Waals surface area contributed by atoms with Crippen LogP contribution in [0.3, 0.4) is 0 Å². The summed E-state index contributed by atoms with van der Waals surface area (Å²) in [5.41, 5.74) is 6.53. The van der Waals surface area contributed by atoms with Crippen molar-refractivity contribution in [3.8, 4) is 5.75 Å². The molecule has 0 atom stereocenters. The van der Waals surface area contributed by atoms with Crippen LogP contribution in [-0.2, 0) is 11.3 Å². The van der Waals surface area contributed by atoms with E-state index in [1.165, 1.54) is 31.5 Å². The molecular formula is C21H17BrClFN4O3. The Bertz CT molecular complexity index is 1140. The molecule has 7 nitrogen and oxygen atoms in total. The Morgan fingerprint density at radius 2 is 2.00 bits per heavy atom. The number of methoxy groups -OCH3 is 1. The van der Waals surface area contributed by atoms with E-state index in [4.69, 9.17) is 32.2 Å². The largest absolute Gasteiger partial charge is 0.486 e. The van der Waals surface area contributed by atoms with E-state index in [1.807, 2.05) is 24.3 Å². The van der Waals surface area contributed by atoms with E-state index in [-0.39, 0.29) is 45.9 Å². The minimum atomic E-state index is -0.893. The predicted octanol–water partition coefficient (Wildman–Crippen LogP) is 5.02. The average Bonchev–Trinajstić information content (AvgIpc) is 2.75. The Kier molecular flexibility index (Phi) is 7.09. The van der Waals surface area contributed by atoms with Crippen molar-refractivity contribution in [2.45, 2.75) is 6.61 Å². The molecule has 0 saturated heterocycles. The second-order valence-electron chi connectivity index (χ2n) is 6.29. The minimum absolute atomic E-state index is 0.0531. The number of benzene rings is 2. The van der Waals surface area contributed by atoms with Crippen LogP contribution in [0.15, 0.2) is 53.1 Å². The molecule has 0 saturated carbocycles. The molecule has 3 aromatic rings. The second-order valence-corrected chi connectivity index (χ2v) is 7.62. The quantitative estimate of drug-likeness (QED) is 0.320. The van der Waals surface area contributed by atoms with Gasteiger partial charge in [-0.05, 0) is 35.9 Å². The van der Waals surface area contributed by atoms with Crippen LogP contribution in [0, 0.1) is 11.2 Å². The summed E-state index contributed by atoms with van der Waals surface area (Å²) in [6.45, 7) is 0.108. The number of nitrogens with two attached hydrogens (primary N) is 1. The molecule has 0 spiro atoms. The summed E-state index contributed by atoms with van der Waals surface area (Å²) < 4.78 is 26.3. The topological polar surface area (TPSA) is 110 Å². The van der Waals surface area contributed by atoms with Gasteiger partial charge in [-0.15, -0.1) is 0 Å². The first-order valence-electron chi connectivity index (χ1n) is 8.85. The zero-order chi connectivity index (χ0) is 22.5. The fourth-order valence-corrected chi connectivity index (χ4v) is 3.12. The third-order valence-electron chi connectivity index (χ3n) is 4.22. The number of aromatic nitrogens is 1. The third kappa shape index (κ3) is 5.31. The Morgan fingerprint density at radius 3 is 2.68 bits per heavy atom. The molecule has 1 aromatic heterocycles. The molecule has 1 amide bonds. The highest BCUT2D eigenvalue weighted by Gasteiger charge is 2.21. The zero-order valence-electron chi connectivity index (χ0n) is 16.2. The normalized spacial score (nSPS) is 10.5. The molecular weight excluding hydrogens is 491 g/mol. The zero-order valence-corrected chi connectivity index (χ0v) is 18.6. The van der Waals surface area contributed by atoms with Gasteiger partial charge in [-0.3, -0.25) is 10.2 Å². The lowest BCUT2D eigenvalue weighted by Gasteiger charge is -2.13. The lowest BCUT2D eigenvalue weighted by Crippen LogP contribution is -2.16. The van der Waals surface area contributed by atoms with Gasteiger partial charge in [-0.25, -0.2) is 9.37 Å². The van der Waals surface area contributed by atoms with E-state index >= 15 is 4.39 Å². The van der Waals surface area contributed by atoms with E-state index < -0.39 is 11.7 Å². The van der Waals surface area contributed by atoms with E-state index in [1.54, 1.807) is 0 Å². The number of nitrogens with one attached hydrogen (secondary N) is 2. The first kappa shape index (κ1) is 22.5. The van der Waals surface area contributed by atoms with Crippen molar-refractivity contribution >= 4 is 50.8 Å². The van der Waals surface area contributed by atoms with Gasteiger partial charge in [0.05, 0.1) is 35.1 Å². The van der Waals surface area contributed by atoms with E-state index in [0.717, 1.165) is 10.0 Å². The number of amides is 1. The van der Waals surface area contributed by atoms with Crippen LogP contribution in [0.25, 0.3) is 0 Å². The van der Waals surface area contributed by atoms with E-state index in [9.17, 15) is 4.79 Å². The minimum Gasteiger partial charge on any atom is -0.486 e. The molecule has 2 aromatic carbocycles. The Morgan fingerprint density at radius 1 is 1.29 bits per heavy atom. The lowest BCUT2D eigenvalue weighted by molar-refractivity contribution is 0.102. The number of hydrogen-bond donors (Lipinski definition) is 3. The number of halogens is 3. The number of ether oxygens (including phenoxy) is 2. The summed E-state index contributed by atoms with van der Waals surface area (Å²) in [5.74, 6) is -1.99. The Hall–Kier alpha value is -3.17. The number of anilines is 2. The number of carbonyl (C=O) groups excluding carboxylic acids is 1. The Labute approximate surface area is 191 Å². The number of pyridine rings is 1. The summed E-state index contributed by atoms with van der Waals surface area (Å²) >= 11 is 9.42. The van der Waals surface area contributed by atoms with Gasteiger partial charge in [0, 0.05) is 4.47 Å². The highest BCUT2D eigenvalue weighted by Crippen LogP contribution is 2.29. The van der Waals surface area contributed by atoms with Crippen LogP contribution >= 0.6 is 27.5 Å². The van der Waals surface area contributed by atoms with E-state index in [2.05, 4.69) is 26.2 Å². The lowest BCUT2D eigenvalue weighted by atomic mass is 10.1. The summed E-state index contributed by atoms with van der Waals surface area (Å²) in [4.78, 5) is 16.6. The SMILES string of the molecule is COC(=N)c1cc(NC(=O)c2c(Cl)ccc(OCc3ccc(Br)cc3)c2F)cnc1N. The van der Waals surface area contributed by atoms with Crippen LogP contribution in [0.4, 0.5) is 15.9 Å². The molecule has 3 rings (SSSR count). The van der Waals surface area contributed by atoms with Gasteiger partial charge in [0.25, 0.3) is 5.91 Å². The molecule has 0 bridgehead atoms. The first-order valence-corrected chi connectivity index (χ1v) is 10.0. The van der Waals surface area contributed by atoms with Crippen LogP contribution in [0.2, 0.25) is 5.02 Å². The van der Waals surface area contributed by atoms with Gasteiger partial charge in [0.1, 0.15) is 12.4 Å². The molecule has 0 unspecified atom stereocenters. The summed E-state index contributed by atoms with van der Waals surface area (Å²) in [6, 6.07) is 11.5. The highest BCUT2D eigenvalue weighted by atomic mass is 79.9. The number of rotatable bonds is 6. The molecule has 31 heavy (non-hydrogen) atoms. The molecule has 0 aliphatic rings. The maximum atomic E-state index is 15.0. The molecule has 1 heterocycles. The van der Waals surface area contributed by atoms with Crippen molar-refractivity contribution in [2.75, 3.05) is 18.2 Å². The van der Waals surface area contributed by atoms with Gasteiger partial charge < -0.3 is 20.5 Å². The second kappa shape index (κ2) is 9.76. The first-order chi connectivity index (χ1) is 14.8. The molecule has 0 radical (unpaired) electrons. The van der Waals surface area contributed by atoms with Crippen LogP contribution in [0.5, 0.6) is 5.75 Å². The standard InChI is InChI=1S/C21H17BrClFN4O3/c1-30-20(26)14-8-13(9-27-19(14)25)28-21(29)17-15(23)6-7-16(18(17)24)31-10-11-2-4-12(22)5-3-11/h2-9,26H,10H2,1H3,(H2,25,27)(H,28,29). The summed E-state index contributed by atoms with van der Waals surface area (Å²) in [7, 11) is 1.31. The maximum Gasteiger partial charge on any atom is 0.260 e. The van der Waals surface area contributed by atoms with Crippen molar-refractivity contribution in [2.24, 2.45) is 0 Å². The number of hydrogen-bond acceptors (Lipinski definition) is 6. The molecule has 0 fully saturated rings. The Balaban J connectivity index is 1.82. The maximum absolute atomic E-state index is 15.0. The van der Waals surface area contributed by atoms with E-state index in [0.29, 0.717) is 0 Å². The molecule has 10 heteroatoms. The average molecular weight is 508 g/mol. The number of nitrogens with zero attached hydrogens (tertiary/aromatic N) is 1. The van der Waals surface area contributed by atoms with Crippen molar-refractivity contribution in [1.29, 1.82) is 5.41 Å². The number of carbonyl (C=O) groups is 1. The van der Waals surface area contributed by atoms with Gasteiger partial charge >= 0.3 is 0 Å². The summed E-state index contributed by atoms with van der Waals surface area (Å²) in [5, 5.41) is 10.1. The monoisotopic (exact) mass is 506 g/mol. The van der Waals surface area contributed by atoms with Crippen LogP contribution < -0.4 is 15.8 Å². The van der Waals surface area contributed by atoms with Gasteiger partial charge in [-0.1, -0.05) is 39.7 Å². The van der Waals surface area contributed by atoms with Gasteiger partial charge in [-0.2, -0.15) is 0 Å². The van der Waals surface area contributed by atoms with Crippen molar-refractivity contribution in [1.82, 2.24) is 4.98 Å². The smallest absolute Gasteiger partial charge is 0.260 e. The summed E-state index contributed by atoms with van der Waals surface area (Å²) in [6.07, 6.45) is 1.28. The fourth-order valence-electron chi connectivity index (χ4n) is 2.62. The molecule has 0 aliphatic heterocycles. The van der Waals surface area contributed by atoms with Gasteiger partial charge in [0.15, 0.2) is 11.6 Å². The fraction of sp³-hybridized carbons (Fsp3) is 0.0952. The van der Waals surface area contributed by atoms with Gasteiger partial charge in [0.2, 0.25) is 5.90 Å². The van der Waals surface area contributed by atoms with Crippen molar-refractivity contribution in [3.63, 3.8) is 0 Å². The van der Waals surface area contributed by atoms with Crippen molar-refractivity contribution < 1.29 is 18.7 Å². The van der Waals surface area contributed by atoms with Crippen LogP contribution in [-0.4, -0.2) is 23.9 Å². The molecule has 0 aliphatic carbocycles.